The van der Waals surface area contributed by atoms with E-state index in [1.54, 1.807) is 6.07 Å². The van der Waals surface area contributed by atoms with E-state index >= 15 is 0 Å². The number of nitrogens with one attached hydrogen (secondary N) is 1. The second-order valence-electron chi connectivity index (χ2n) is 10.4. The van der Waals surface area contributed by atoms with Gasteiger partial charge in [-0.2, -0.15) is 9.40 Å². The number of carbonyl (C=O) groups excluding carboxylic acids is 1. The standard InChI is InChI=1S/C27H32F2N6O5S.ClH/c1-17(2)32(3)9-10-33(4)20-5-6-22(26(14-20)35(37)38)27(36)15-25-23-16-34(8-7-24(23)30-31-25)41(39,40)21-12-18(28)11-19(29)13-21;/h5-6,11-14,17H,7-10,15-16H2,1-4H3,(H,30,31);1H. The second kappa shape index (κ2) is 13.2. The smallest absolute Gasteiger partial charge is 0.282 e. The number of H-pyrrole nitrogens is 1. The number of aromatic amines is 1. The normalized spacial score (nSPS) is 13.6. The van der Waals surface area contributed by atoms with Crippen molar-refractivity contribution >= 4 is 39.6 Å². The lowest BCUT2D eigenvalue weighted by molar-refractivity contribution is -0.385. The zero-order valence-electron chi connectivity index (χ0n) is 23.6. The van der Waals surface area contributed by atoms with Crippen LogP contribution in [0.2, 0.25) is 0 Å². The molecule has 0 aliphatic carbocycles. The van der Waals surface area contributed by atoms with E-state index in [1.807, 2.05) is 19.0 Å². The molecule has 3 aromatic rings. The van der Waals surface area contributed by atoms with Crippen molar-refractivity contribution in [2.45, 2.75) is 44.2 Å². The molecule has 1 aromatic heterocycles. The van der Waals surface area contributed by atoms with Crippen molar-refractivity contribution in [3.8, 4) is 0 Å². The summed E-state index contributed by atoms with van der Waals surface area (Å²) in [5.74, 6) is -2.58. The Morgan fingerprint density at radius 1 is 1.14 bits per heavy atom. The summed E-state index contributed by atoms with van der Waals surface area (Å²) >= 11 is 0. The fourth-order valence-corrected chi connectivity index (χ4v) is 6.05. The van der Waals surface area contributed by atoms with Crippen molar-refractivity contribution in [1.29, 1.82) is 0 Å². The number of rotatable bonds is 11. The van der Waals surface area contributed by atoms with Crippen LogP contribution >= 0.6 is 12.4 Å². The van der Waals surface area contributed by atoms with Gasteiger partial charge in [0.1, 0.15) is 11.6 Å². The van der Waals surface area contributed by atoms with E-state index in [2.05, 4.69) is 28.9 Å². The Bertz CT molecular complexity index is 1560. The van der Waals surface area contributed by atoms with Crippen LogP contribution in [0.1, 0.15) is 41.2 Å². The molecule has 0 bridgehead atoms. The highest BCUT2D eigenvalue weighted by Gasteiger charge is 2.33. The zero-order chi connectivity index (χ0) is 30.1. The maximum Gasteiger partial charge on any atom is 0.282 e. The summed E-state index contributed by atoms with van der Waals surface area (Å²) in [4.78, 5) is 28.1. The van der Waals surface area contributed by atoms with E-state index in [4.69, 9.17) is 0 Å². The van der Waals surface area contributed by atoms with Crippen molar-refractivity contribution in [3.05, 3.63) is 80.7 Å². The lowest BCUT2D eigenvalue weighted by Crippen LogP contribution is -2.36. The first kappa shape index (κ1) is 33.0. The topological polar surface area (TPSA) is 133 Å². The highest BCUT2D eigenvalue weighted by Crippen LogP contribution is 2.30. The van der Waals surface area contributed by atoms with Gasteiger partial charge in [-0.25, -0.2) is 17.2 Å². The number of hydrogen-bond donors (Lipinski definition) is 1. The van der Waals surface area contributed by atoms with Crippen LogP contribution in [-0.2, 0) is 29.4 Å². The lowest BCUT2D eigenvalue weighted by Gasteiger charge is -2.26. The third-order valence-corrected chi connectivity index (χ3v) is 9.20. The van der Waals surface area contributed by atoms with Crippen LogP contribution in [0.25, 0.3) is 0 Å². The summed E-state index contributed by atoms with van der Waals surface area (Å²) in [5.41, 5.74) is 1.51. The van der Waals surface area contributed by atoms with E-state index < -0.39 is 37.3 Å². The average Bonchev–Trinajstić information content (AvgIpc) is 3.32. The van der Waals surface area contributed by atoms with Crippen LogP contribution in [0.4, 0.5) is 20.2 Å². The molecule has 42 heavy (non-hydrogen) atoms. The Kier molecular flexibility index (Phi) is 10.4. The minimum absolute atomic E-state index is 0. The third kappa shape index (κ3) is 7.12. The maximum absolute atomic E-state index is 13.7. The maximum atomic E-state index is 13.7. The number of Topliss-reactive ketones (excluding diaryl/α,β-unsaturated/α-hetero) is 1. The Morgan fingerprint density at radius 2 is 1.81 bits per heavy atom. The zero-order valence-corrected chi connectivity index (χ0v) is 25.3. The molecule has 11 nitrogen and oxygen atoms in total. The predicted octanol–water partition coefficient (Wildman–Crippen LogP) is 3.97. The molecule has 0 atom stereocenters. The molecular weight excluding hydrogens is 594 g/mol. The van der Waals surface area contributed by atoms with E-state index in [1.165, 1.54) is 12.1 Å². The molecule has 2 aromatic carbocycles. The van der Waals surface area contributed by atoms with Gasteiger partial charge in [0, 0.05) is 74.8 Å². The molecule has 1 N–H and O–H groups in total. The molecular formula is C27H33ClF2N6O5S. The summed E-state index contributed by atoms with van der Waals surface area (Å²) in [6.07, 6.45) is -0.0652. The lowest BCUT2D eigenvalue weighted by atomic mass is 9.99. The number of anilines is 1. The van der Waals surface area contributed by atoms with Crippen molar-refractivity contribution in [1.82, 2.24) is 19.4 Å². The van der Waals surface area contributed by atoms with E-state index in [0.29, 0.717) is 35.6 Å². The predicted molar refractivity (Wildman–Crippen MR) is 156 cm³/mol. The monoisotopic (exact) mass is 626 g/mol. The number of nitro groups is 1. The van der Waals surface area contributed by atoms with Gasteiger partial charge in [-0.3, -0.25) is 20.0 Å². The summed E-state index contributed by atoms with van der Waals surface area (Å²) in [5, 5.41) is 18.9. The fraction of sp³-hybridized carbons (Fsp3) is 0.407. The summed E-state index contributed by atoms with van der Waals surface area (Å²) in [6.45, 7) is 5.38. The van der Waals surface area contributed by atoms with E-state index in [0.717, 1.165) is 23.0 Å². The van der Waals surface area contributed by atoms with Crippen molar-refractivity contribution in [3.63, 3.8) is 0 Å². The minimum atomic E-state index is -4.24. The van der Waals surface area contributed by atoms with Gasteiger partial charge in [-0.05, 0) is 45.2 Å². The molecule has 228 valence electrons. The van der Waals surface area contributed by atoms with Crippen LogP contribution in [0.3, 0.4) is 0 Å². The van der Waals surface area contributed by atoms with Crippen LogP contribution in [-0.4, -0.2) is 78.3 Å². The SMILES string of the molecule is CC(C)N(C)CCN(C)c1ccc(C(=O)Cc2n[nH]c3c2CN(S(=O)(=O)c2cc(F)cc(F)c2)CC3)c([N+](=O)[O-])c1.Cl. The van der Waals surface area contributed by atoms with Crippen molar-refractivity contribution in [2.24, 2.45) is 0 Å². The van der Waals surface area contributed by atoms with Gasteiger partial charge in [-0.1, -0.05) is 0 Å². The quantitative estimate of drug-likeness (QED) is 0.192. The minimum Gasteiger partial charge on any atom is -0.373 e. The summed E-state index contributed by atoms with van der Waals surface area (Å²) in [7, 11) is -0.427. The number of nitrogens with zero attached hydrogens (tertiary/aromatic N) is 5. The Labute approximate surface area is 249 Å². The van der Waals surface area contributed by atoms with Gasteiger partial charge in [0.2, 0.25) is 10.0 Å². The van der Waals surface area contributed by atoms with Gasteiger partial charge in [0.05, 0.1) is 27.5 Å². The number of likely N-dealkylation sites (N-methyl/N-ethyl adjacent to an activating group) is 2. The fourth-order valence-electron chi connectivity index (χ4n) is 4.59. The molecule has 0 saturated carbocycles. The molecule has 1 aliphatic rings. The average molecular weight is 627 g/mol. The van der Waals surface area contributed by atoms with Gasteiger partial charge in [0.25, 0.3) is 5.69 Å². The first-order valence-electron chi connectivity index (χ1n) is 13.0. The number of carbonyl (C=O) groups is 1. The van der Waals surface area contributed by atoms with Gasteiger partial charge < -0.3 is 9.80 Å². The number of fused-ring (bicyclic) bond motifs is 1. The number of benzene rings is 2. The first-order chi connectivity index (χ1) is 19.3. The number of sulfonamides is 1. The molecule has 4 rings (SSSR count). The summed E-state index contributed by atoms with van der Waals surface area (Å²) in [6, 6.07) is 6.88. The van der Waals surface area contributed by atoms with Crippen molar-refractivity contribution in [2.75, 3.05) is 38.6 Å². The second-order valence-corrected chi connectivity index (χ2v) is 12.3. The number of nitro benzene ring substituents is 1. The first-order valence-corrected chi connectivity index (χ1v) is 14.5. The van der Waals surface area contributed by atoms with Crippen molar-refractivity contribution < 1.29 is 26.9 Å². The van der Waals surface area contributed by atoms with Gasteiger partial charge >= 0.3 is 0 Å². The molecule has 2 heterocycles. The van der Waals surface area contributed by atoms with Crippen LogP contribution in [0.5, 0.6) is 0 Å². The highest BCUT2D eigenvalue weighted by molar-refractivity contribution is 7.89. The van der Waals surface area contributed by atoms with Gasteiger partial charge in [-0.15, -0.1) is 12.4 Å². The highest BCUT2D eigenvalue weighted by atomic mass is 35.5. The number of aromatic nitrogens is 2. The Morgan fingerprint density at radius 3 is 2.43 bits per heavy atom. The summed E-state index contributed by atoms with van der Waals surface area (Å²) < 4.78 is 54.7. The molecule has 0 radical (unpaired) electrons. The Balaban J connectivity index is 0.00000484. The molecule has 0 unspecified atom stereocenters. The molecule has 1 aliphatic heterocycles. The van der Waals surface area contributed by atoms with Crippen LogP contribution in [0.15, 0.2) is 41.3 Å². The van der Waals surface area contributed by atoms with Crippen LogP contribution < -0.4 is 4.90 Å². The van der Waals surface area contributed by atoms with Gasteiger partial charge in [0.15, 0.2) is 5.78 Å². The Hall–Kier alpha value is -3.46. The van der Waals surface area contributed by atoms with E-state index in [9.17, 15) is 32.1 Å². The molecule has 15 heteroatoms. The third-order valence-electron chi connectivity index (χ3n) is 7.37. The molecule has 0 fully saturated rings. The molecule has 0 saturated heterocycles. The number of ketones is 1. The molecule has 0 amide bonds. The largest absolute Gasteiger partial charge is 0.373 e. The van der Waals surface area contributed by atoms with Crippen LogP contribution in [0, 0.1) is 21.7 Å². The number of hydrogen-bond acceptors (Lipinski definition) is 8. The number of halogens is 3. The molecule has 0 spiro atoms. The van der Waals surface area contributed by atoms with E-state index in [-0.39, 0.29) is 55.3 Å².